The number of benzene rings is 2. The van der Waals surface area contributed by atoms with Crippen LogP contribution in [0.5, 0.6) is 11.5 Å². The molecule has 1 aliphatic rings. The normalized spacial score (nSPS) is 12.2. The number of ether oxygens (including phenoxy) is 2. The Morgan fingerprint density at radius 3 is 2.67 bits per heavy atom. The lowest BCUT2D eigenvalue weighted by Crippen LogP contribution is -2.23. The summed E-state index contributed by atoms with van der Waals surface area (Å²) in [7, 11) is 0. The van der Waals surface area contributed by atoms with Crippen LogP contribution in [-0.4, -0.2) is 32.5 Å². The number of hydrogen-bond acceptors (Lipinski definition) is 7. The average Bonchev–Trinajstić information content (AvgIpc) is 3.47. The van der Waals surface area contributed by atoms with Crippen LogP contribution in [0.25, 0.3) is 5.65 Å². The highest BCUT2D eigenvalue weighted by Gasteiger charge is 2.14. The van der Waals surface area contributed by atoms with E-state index in [4.69, 9.17) is 9.47 Å². The first-order valence-electron chi connectivity index (χ1n) is 10.8. The van der Waals surface area contributed by atoms with E-state index in [-0.39, 0.29) is 12.7 Å². The van der Waals surface area contributed by atoms with Gasteiger partial charge in [-0.1, -0.05) is 35.9 Å². The minimum Gasteiger partial charge on any atom is -0.454 e. The van der Waals surface area contributed by atoms with Crippen molar-refractivity contribution in [1.82, 2.24) is 25.1 Å². The zero-order chi connectivity index (χ0) is 22.6. The van der Waals surface area contributed by atoms with E-state index < -0.39 is 0 Å². The van der Waals surface area contributed by atoms with E-state index in [1.54, 1.807) is 4.52 Å². The number of carbonyl (C=O) groups is 1. The van der Waals surface area contributed by atoms with Crippen LogP contribution in [0.15, 0.2) is 54.6 Å². The second-order valence-electron chi connectivity index (χ2n) is 7.91. The van der Waals surface area contributed by atoms with Crippen molar-refractivity contribution in [3.05, 3.63) is 77.1 Å². The second kappa shape index (κ2) is 9.15. The maximum Gasteiger partial charge on any atom is 0.231 e. The van der Waals surface area contributed by atoms with Crippen LogP contribution >= 0.6 is 0 Å². The fourth-order valence-corrected chi connectivity index (χ4v) is 3.55. The number of aromatic nitrogens is 4. The number of carbonyl (C=O) groups excluding carboxylic acids is 1. The Hall–Kier alpha value is -4.14. The summed E-state index contributed by atoms with van der Waals surface area (Å²) in [6.07, 6.45) is 0.753. The molecule has 0 spiro atoms. The summed E-state index contributed by atoms with van der Waals surface area (Å²) in [5, 5.41) is 19.2. The summed E-state index contributed by atoms with van der Waals surface area (Å²) >= 11 is 0. The molecule has 4 aromatic rings. The lowest BCUT2D eigenvalue weighted by molar-refractivity contribution is -0.121. The predicted octanol–water partition coefficient (Wildman–Crippen LogP) is 3.02. The number of anilines is 1. The summed E-state index contributed by atoms with van der Waals surface area (Å²) in [6.45, 7) is 3.38. The molecule has 0 radical (unpaired) electrons. The number of rotatable bonds is 8. The molecule has 0 saturated heterocycles. The van der Waals surface area contributed by atoms with Gasteiger partial charge in [0, 0.05) is 25.9 Å². The smallest absolute Gasteiger partial charge is 0.231 e. The highest BCUT2D eigenvalue weighted by molar-refractivity contribution is 5.76. The minimum atomic E-state index is -0.0376. The van der Waals surface area contributed by atoms with Crippen LogP contribution in [-0.2, 0) is 24.3 Å². The Balaban J connectivity index is 1.18. The van der Waals surface area contributed by atoms with Gasteiger partial charge in [-0.15, -0.1) is 15.3 Å². The molecular weight excluding hydrogens is 420 g/mol. The molecule has 168 valence electrons. The minimum absolute atomic E-state index is 0.0376. The van der Waals surface area contributed by atoms with Crippen molar-refractivity contribution in [1.29, 1.82) is 0 Å². The van der Waals surface area contributed by atoms with Crippen molar-refractivity contribution in [3.63, 3.8) is 0 Å². The van der Waals surface area contributed by atoms with Crippen LogP contribution in [0.1, 0.15) is 28.9 Å². The summed E-state index contributed by atoms with van der Waals surface area (Å²) in [4.78, 5) is 12.3. The second-order valence-corrected chi connectivity index (χ2v) is 7.91. The Labute approximate surface area is 190 Å². The topological polar surface area (TPSA) is 103 Å². The zero-order valence-corrected chi connectivity index (χ0v) is 18.2. The molecule has 9 nitrogen and oxygen atoms in total. The molecule has 3 heterocycles. The van der Waals surface area contributed by atoms with Gasteiger partial charge in [-0.05, 0) is 42.3 Å². The third-order valence-electron chi connectivity index (χ3n) is 5.42. The maximum absolute atomic E-state index is 12.3. The fraction of sp³-hybridized carbons (Fsp3) is 0.250. The number of aryl methyl sites for hydroxylation is 2. The molecule has 1 aliphatic heterocycles. The van der Waals surface area contributed by atoms with E-state index >= 15 is 0 Å². The molecule has 2 N–H and O–H groups in total. The molecule has 0 atom stereocenters. The average molecular weight is 444 g/mol. The number of hydrogen-bond donors (Lipinski definition) is 2. The van der Waals surface area contributed by atoms with Crippen LogP contribution in [0.3, 0.4) is 0 Å². The predicted molar refractivity (Wildman–Crippen MR) is 122 cm³/mol. The zero-order valence-electron chi connectivity index (χ0n) is 18.2. The highest BCUT2D eigenvalue weighted by atomic mass is 16.7. The van der Waals surface area contributed by atoms with Gasteiger partial charge in [-0.3, -0.25) is 4.79 Å². The fourth-order valence-electron chi connectivity index (χ4n) is 3.55. The van der Waals surface area contributed by atoms with Gasteiger partial charge < -0.3 is 20.1 Å². The molecule has 9 heteroatoms. The van der Waals surface area contributed by atoms with E-state index in [2.05, 4.69) is 25.9 Å². The Morgan fingerprint density at radius 2 is 1.79 bits per heavy atom. The largest absolute Gasteiger partial charge is 0.454 e. The molecule has 0 bridgehead atoms. The van der Waals surface area contributed by atoms with Crippen molar-refractivity contribution in [2.24, 2.45) is 0 Å². The third-order valence-corrected chi connectivity index (χ3v) is 5.42. The Kier molecular flexibility index (Phi) is 5.75. The Morgan fingerprint density at radius 1 is 0.970 bits per heavy atom. The maximum atomic E-state index is 12.3. The highest BCUT2D eigenvalue weighted by Crippen LogP contribution is 2.32. The van der Waals surface area contributed by atoms with Crippen molar-refractivity contribution in [2.75, 3.05) is 12.1 Å². The molecule has 0 saturated carbocycles. The van der Waals surface area contributed by atoms with E-state index in [9.17, 15) is 4.79 Å². The number of amides is 1. The van der Waals surface area contributed by atoms with Crippen molar-refractivity contribution in [3.8, 4) is 11.5 Å². The van der Waals surface area contributed by atoms with Gasteiger partial charge >= 0.3 is 0 Å². The lowest BCUT2D eigenvalue weighted by atomic mass is 10.1. The van der Waals surface area contributed by atoms with E-state index in [0.29, 0.717) is 43.2 Å². The van der Waals surface area contributed by atoms with Crippen LogP contribution in [0, 0.1) is 6.92 Å². The van der Waals surface area contributed by atoms with Crippen molar-refractivity contribution in [2.45, 2.75) is 32.9 Å². The first-order chi connectivity index (χ1) is 16.1. The van der Waals surface area contributed by atoms with Gasteiger partial charge in [-0.2, -0.15) is 4.52 Å². The molecule has 0 fully saturated rings. The van der Waals surface area contributed by atoms with Gasteiger partial charge in [0.25, 0.3) is 0 Å². The monoisotopic (exact) mass is 444 g/mol. The molecule has 1 amide bonds. The van der Waals surface area contributed by atoms with E-state index in [0.717, 1.165) is 22.6 Å². The third kappa shape index (κ3) is 4.87. The number of nitrogens with zero attached hydrogens (tertiary/aromatic N) is 4. The van der Waals surface area contributed by atoms with Gasteiger partial charge in [0.1, 0.15) is 5.82 Å². The standard InChI is InChI=1S/C24H24N6O3/c1-16-2-4-17(5-3-16)13-26-24(31)11-10-23-28-27-22-9-8-21(29-30(22)23)25-14-18-6-7-19-20(12-18)33-15-32-19/h2-9,12H,10-11,13-15H2,1H3,(H,25,29)(H,26,31). The van der Waals surface area contributed by atoms with Crippen LogP contribution in [0.4, 0.5) is 5.82 Å². The summed E-state index contributed by atoms with van der Waals surface area (Å²) < 4.78 is 12.5. The molecule has 0 aliphatic carbocycles. The van der Waals surface area contributed by atoms with Gasteiger partial charge in [-0.25, -0.2) is 0 Å². The summed E-state index contributed by atoms with van der Waals surface area (Å²) in [6, 6.07) is 17.6. The SMILES string of the molecule is Cc1ccc(CNC(=O)CCc2nnc3ccc(NCc4ccc5c(c4)OCO5)nn23)cc1. The van der Waals surface area contributed by atoms with Crippen LogP contribution in [0.2, 0.25) is 0 Å². The first-order valence-corrected chi connectivity index (χ1v) is 10.8. The molecule has 33 heavy (non-hydrogen) atoms. The lowest BCUT2D eigenvalue weighted by Gasteiger charge is -2.08. The van der Waals surface area contributed by atoms with Crippen molar-refractivity contribution >= 4 is 17.4 Å². The van der Waals surface area contributed by atoms with E-state index in [1.165, 1.54) is 5.56 Å². The summed E-state index contributed by atoms with van der Waals surface area (Å²) in [5.41, 5.74) is 3.96. The molecule has 5 rings (SSSR count). The van der Waals surface area contributed by atoms with Gasteiger partial charge in [0.2, 0.25) is 12.7 Å². The quantitative estimate of drug-likeness (QED) is 0.431. The van der Waals surface area contributed by atoms with Crippen molar-refractivity contribution < 1.29 is 14.3 Å². The molecule has 2 aromatic carbocycles. The summed E-state index contributed by atoms with van der Waals surface area (Å²) in [5.74, 6) is 2.80. The number of fused-ring (bicyclic) bond motifs is 2. The molecule has 0 unspecified atom stereocenters. The van der Waals surface area contributed by atoms with Gasteiger partial charge in [0.05, 0.1) is 0 Å². The first kappa shape index (κ1) is 20.7. The molecular formula is C24H24N6O3. The molecule has 2 aromatic heterocycles. The van der Waals surface area contributed by atoms with E-state index in [1.807, 2.05) is 61.5 Å². The Bertz CT molecular complexity index is 1290. The van der Waals surface area contributed by atoms with Crippen LogP contribution < -0.4 is 20.1 Å². The number of nitrogens with one attached hydrogen (secondary N) is 2. The van der Waals surface area contributed by atoms with Gasteiger partial charge in [0.15, 0.2) is 23.0 Å².